The standard InChI is InChI=1S/C47H31N3O/c1-4-14-32(15-5-1)38-20-10-12-22-42(38)49(36-26-24-33-25-29-45-46(40(33)30-36)48-47(51-45)34-16-6-2-7-17-34)37-27-28-44-41(31-37)39-21-11-13-23-43(39)50(44)35-18-8-3-9-19-35/h1-31H. The minimum Gasteiger partial charge on any atom is -0.436 e. The summed E-state index contributed by atoms with van der Waals surface area (Å²) in [4.78, 5) is 7.42. The van der Waals surface area contributed by atoms with Crippen molar-refractivity contribution in [1.82, 2.24) is 9.55 Å². The molecular formula is C47H31N3O. The number of hydrogen-bond acceptors (Lipinski definition) is 3. The van der Waals surface area contributed by atoms with Crippen molar-refractivity contribution in [1.29, 1.82) is 0 Å². The Morgan fingerprint density at radius 3 is 1.88 bits per heavy atom. The van der Waals surface area contributed by atoms with E-state index in [1.807, 2.05) is 36.4 Å². The SMILES string of the molecule is c1ccc(-c2nc3c(ccc4ccc(N(c5ccc6c(c5)c5ccccc5n6-c5ccccc5)c5ccccc5-c5ccccc5)cc43)o2)cc1. The summed E-state index contributed by atoms with van der Waals surface area (Å²) in [6.07, 6.45) is 0. The summed E-state index contributed by atoms with van der Waals surface area (Å²) in [6, 6.07) is 66.3. The Morgan fingerprint density at radius 2 is 1.08 bits per heavy atom. The number of anilines is 3. The third-order valence-electron chi connectivity index (χ3n) is 9.80. The number of rotatable bonds is 6. The zero-order chi connectivity index (χ0) is 33.7. The fraction of sp³-hybridized carbons (Fsp3) is 0. The van der Waals surface area contributed by atoms with Crippen LogP contribution in [-0.2, 0) is 0 Å². The van der Waals surface area contributed by atoms with Gasteiger partial charge in [-0.05, 0) is 83.7 Å². The molecule has 240 valence electrons. The third-order valence-corrected chi connectivity index (χ3v) is 9.80. The van der Waals surface area contributed by atoms with Crippen molar-refractivity contribution >= 4 is 60.7 Å². The van der Waals surface area contributed by atoms with Crippen molar-refractivity contribution in [3.8, 4) is 28.3 Å². The maximum absolute atomic E-state index is 6.31. The highest BCUT2D eigenvalue weighted by Crippen LogP contribution is 2.44. The number of aromatic nitrogens is 2. The minimum absolute atomic E-state index is 0.620. The molecular weight excluding hydrogens is 623 g/mol. The van der Waals surface area contributed by atoms with Crippen LogP contribution in [0.4, 0.5) is 17.1 Å². The van der Waals surface area contributed by atoms with Crippen LogP contribution in [0, 0.1) is 0 Å². The van der Waals surface area contributed by atoms with Gasteiger partial charge in [0.1, 0.15) is 5.52 Å². The van der Waals surface area contributed by atoms with Gasteiger partial charge in [0.05, 0.1) is 16.7 Å². The number of para-hydroxylation sites is 3. The van der Waals surface area contributed by atoms with E-state index in [1.54, 1.807) is 0 Å². The van der Waals surface area contributed by atoms with Gasteiger partial charge in [-0.15, -0.1) is 0 Å². The first-order valence-electron chi connectivity index (χ1n) is 17.2. The highest BCUT2D eigenvalue weighted by Gasteiger charge is 2.21. The molecule has 0 amide bonds. The number of fused-ring (bicyclic) bond motifs is 6. The summed E-state index contributed by atoms with van der Waals surface area (Å²) in [5, 5.41) is 4.56. The highest BCUT2D eigenvalue weighted by atomic mass is 16.3. The van der Waals surface area contributed by atoms with Crippen LogP contribution in [0.2, 0.25) is 0 Å². The third kappa shape index (κ3) is 4.88. The molecule has 0 atom stereocenters. The van der Waals surface area contributed by atoms with Crippen LogP contribution in [0.1, 0.15) is 0 Å². The fourth-order valence-corrected chi connectivity index (χ4v) is 7.45. The smallest absolute Gasteiger partial charge is 0.227 e. The summed E-state index contributed by atoms with van der Waals surface area (Å²) in [7, 11) is 0. The average Bonchev–Trinajstić information content (AvgIpc) is 3.79. The Balaban J connectivity index is 1.23. The largest absolute Gasteiger partial charge is 0.436 e. The summed E-state index contributed by atoms with van der Waals surface area (Å²) >= 11 is 0. The van der Waals surface area contributed by atoms with Gasteiger partial charge < -0.3 is 13.9 Å². The lowest BCUT2D eigenvalue weighted by Gasteiger charge is -2.28. The van der Waals surface area contributed by atoms with E-state index in [2.05, 4.69) is 161 Å². The molecule has 0 spiro atoms. The van der Waals surface area contributed by atoms with Crippen LogP contribution in [-0.4, -0.2) is 9.55 Å². The number of hydrogen-bond donors (Lipinski definition) is 0. The first-order valence-corrected chi connectivity index (χ1v) is 17.2. The van der Waals surface area contributed by atoms with Gasteiger partial charge in [0.25, 0.3) is 0 Å². The van der Waals surface area contributed by atoms with Crippen LogP contribution >= 0.6 is 0 Å². The van der Waals surface area contributed by atoms with Gasteiger partial charge >= 0.3 is 0 Å². The van der Waals surface area contributed by atoms with E-state index >= 15 is 0 Å². The van der Waals surface area contributed by atoms with Gasteiger partial charge in [-0.3, -0.25) is 0 Å². The monoisotopic (exact) mass is 653 g/mol. The van der Waals surface area contributed by atoms with E-state index in [9.17, 15) is 0 Å². The highest BCUT2D eigenvalue weighted by molar-refractivity contribution is 6.11. The van der Waals surface area contributed by atoms with E-state index in [1.165, 1.54) is 21.8 Å². The second-order valence-electron chi connectivity index (χ2n) is 12.8. The second kappa shape index (κ2) is 11.9. The molecule has 0 aliphatic heterocycles. The molecule has 4 nitrogen and oxygen atoms in total. The van der Waals surface area contributed by atoms with E-state index in [0.717, 1.165) is 61.3 Å². The predicted molar refractivity (Wildman–Crippen MR) is 211 cm³/mol. The van der Waals surface area contributed by atoms with Crippen molar-refractivity contribution in [2.24, 2.45) is 0 Å². The average molecular weight is 654 g/mol. The molecule has 0 aliphatic carbocycles. The van der Waals surface area contributed by atoms with Crippen molar-refractivity contribution in [2.45, 2.75) is 0 Å². The van der Waals surface area contributed by atoms with Gasteiger partial charge in [-0.25, -0.2) is 4.98 Å². The van der Waals surface area contributed by atoms with Crippen molar-refractivity contribution < 1.29 is 4.42 Å². The number of oxazole rings is 1. The van der Waals surface area contributed by atoms with Gasteiger partial charge in [0.15, 0.2) is 5.58 Å². The van der Waals surface area contributed by atoms with Gasteiger partial charge in [0.2, 0.25) is 5.89 Å². The summed E-state index contributed by atoms with van der Waals surface area (Å²) < 4.78 is 8.67. The molecule has 0 bridgehead atoms. The maximum atomic E-state index is 6.31. The van der Waals surface area contributed by atoms with E-state index in [-0.39, 0.29) is 0 Å². The summed E-state index contributed by atoms with van der Waals surface area (Å²) in [5.74, 6) is 0.620. The molecule has 10 aromatic rings. The molecule has 0 fully saturated rings. The Hall–Kier alpha value is -6.91. The molecule has 4 heteroatoms. The molecule has 51 heavy (non-hydrogen) atoms. The number of nitrogens with zero attached hydrogens (tertiary/aromatic N) is 3. The first-order chi connectivity index (χ1) is 25.3. The van der Waals surface area contributed by atoms with E-state index in [4.69, 9.17) is 9.40 Å². The zero-order valence-corrected chi connectivity index (χ0v) is 27.6. The molecule has 0 saturated carbocycles. The minimum atomic E-state index is 0.620. The van der Waals surface area contributed by atoms with Crippen LogP contribution in [0.5, 0.6) is 0 Å². The molecule has 2 aromatic heterocycles. The van der Waals surface area contributed by atoms with E-state index < -0.39 is 0 Å². The quantitative estimate of drug-likeness (QED) is 0.179. The van der Waals surface area contributed by atoms with Gasteiger partial charge in [0, 0.05) is 44.3 Å². The molecule has 8 aromatic carbocycles. The molecule has 0 unspecified atom stereocenters. The Morgan fingerprint density at radius 1 is 0.471 bits per heavy atom. The Labute approximate surface area is 295 Å². The van der Waals surface area contributed by atoms with E-state index in [0.29, 0.717) is 5.89 Å². The van der Waals surface area contributed by atoms with Crippen LogP contribution in [0.3, 0.4) is 0 Å². The Kier molecular flexibility index (Phi) is 6.78. The van der Waals surface area contributed by atoms with Crippen molar-refractivity contribution in [2.75, 3.05) is 4.90 Å². The van der Waals surface area contributed by atoms with Gasteiger partial charge in [-0.1, -0.05) is 115 Å². The Bertz CT molecular complexity index is 2850. The molecule has 10 rings (SSSR count). The van der Waals surface area contributed by atoms with Crippen LogP contribution in [0.25, 0.3) is 71.9 Å². The van der Waals surface area contributed by atoms with Crippen LogP contribution < -0.4 is 4.90 Å². The molecule has 0 N–H and O–H groups in total. The maximum Gasteiger partial charge on any atom is 0.227 e. The zero-order valence-electron chi connectivity index (χ0n) is 27.6. The lowest BCUT2D eigenvalue weighted by atomic mass is 10.0. The van der Waals surface area contributed by atoms with Gasteiger partial charge in [-0.2, -0.15) is 0 Å². The lowest BCUT2D eigenvalue weighted by Crippen LogP contribution is -2.11. The first kappa shape index (κ1) is 29.0. The summed E-state index contributed by atoms with van der Waals surface area (Å²) in [6.45, 7) is 0. The summed E-state index contributed by atoms with van der Waals surface area (Å²) in [5.41, 5.74) is 11.6. The van der Waals surface area contributed by atoms with Crippen LogP contribution in [0.15, 0.2) is 192 Å². The normalized spacial score (nSPS) is 11.5. The molecule has 0 aliphatic rings. The lowest BCUT2D eigenvalue weighted by molar-refractivity contribution is 0.620. The predicted octanol–water partition coefficient (Wildman–Crippen LogP) is 12.9. The molecule has 2 heterocycles. The topological polar surface area (TPSA) is 34.2 Å². The molecule has 0 saturated heterocycles. The van der Waals surface area contributed by atoms with Crippen molar-refractivity contribution in [3.63, 3.8) is 0 Å². The number of benzene rings is 8. The fourth-order valence-electron chi connectivity index (χ4n) is 7.45. The molecule has 0 radical (unpaired) electrons. The van der Waals surface area contributed by atoms with Crippen molar-refractivity contribution in [3.05, 3.63) is 188 Å². The second-order valence-corrected chi connectivity index (χ2v) is 12.8.